The molecule has 3 aromatic heterocycles. The van der Waals surface area contributed by atoms with Crippen LogP contribution in [0.5, 0.6) is 0 Å². The van der Waals surface area contributed by atoms with E-state index in [0.717, 1.165) is 49.0 Å². The molecule has 4 heterocycles. The van der Waals surface area contributed by atoms with Crippen LogP contribution in [-0.2, 0) is 11.3 Å². The van der Waals surface area contributed by atoms with Crippen molar-refractivity contribution in [1.82, 2.24) is 29.5 Å². The Hall–Kier alpha value is -2.54. The predicted molar refractivity (Wildman–Crippen MR) is 103 cm³/mol. The molecule has 2 atom stereocenters. The van der Waals surface area contributed by atoms with Crippen molar-refractivity contribution in [2.24, 2.45) is 0 Å². The van der Waals surface area contributed by atoms with Crippen molar-refractivity contribution in [1.29, 1.82) is 0 Å². The van der Waals surface area contributed by atoms with Gasteiger partial charge in [-0.2, -0.15) is 10.2 Å². The fourth-order valence-corrected chi connectivity index (χ4v) is 3.29. The minimum Gasteiger partial charge on any atom is -0.376 e. The number of pyridine rings is 1. The Morgan fingerprint density at radius 1 is 1.22 bits per heavy atom. The van der Waals surface area contributed by atoms with E-state index in [9.17, 15) is 0 Å². The minimum atomic E-state index is 0.193. The number of hydrogen-bond donors (Lipinski definition) is 0. The summed E-state index contributed by atoms with van der Waals surface area (Å²) in [6, 6.07) is 7.80. The molecular weight excluding hydrogens is 340 g/mol. The minimum absolute atomic E-state index is 0.193. The molecule has 0 radical (unpaired) electrons. The summed E-state index contributed by atoms with van der Waals surface area (Å²) < 4.78 is 9.66. The summed E-state index contributed by atoms with van der Waals surface area (Å²) >= 11 is 0. The van der Waals surface area contributed by atoms with E-state index in [-0.39, 0.29) is 6.10 Å². The molecule has 0 amide bonds. The Morgan fingerprint density at radius 3 is 2.89 bits per heavy atom. The molecule has 2 unspecified atom stereocenters. The van der Waals surface area contributed by atoms with Crippen LogP contribution in [0.2, 0.25) is 0 Å². The monoisotopic (exact) mass is 366 g/mol. The molecule has 7 heteroatoms. The number of ether oxygens (including phenoxy) is 1. The number of nitrogens with zero attached hydrogens (tertiary/aromatic N) is 6. The lowest BCUT2D eigenvalue weighted by molar-refractivity contribution is 0.00416. The van der Waals surface area contributed by atoms with Gasteiger partial charge in [-0.1, -0.05) is 19.9 Å². The Bertz CT molecular complexity index is 866. The first kappa shape index (κ1) is 17.9. The summed E-state index contributed by atoms with van der Waals surface area (Å²) in [6.07, 6.45) is 8.25. The van der Waals surface area contributed by atoms with Gasteiger partial charge in [0.25, 0.3) is 0 Å². The maximum atomic E-state index is 5.93. The van der Waals surface area contributed by atoms with Crippen molar-refractivity contribution in [3.8, 4) is 17.3 Å². The highest BCUT2D eigenvalue weighted by molar-refractivity contribution is 5.51. The van der Waals surface area contributed by atoms with Gasteiger partial charge in [0.2, 0.25) is 0 Å². The average molecular weight is 366 g/mol. The van der Waals surface area contributed by atoms with Gasteiger partial charge in [-0.05, 0) is 43.9 Å². The lowest BCUT2D eigenvalue weighted by atomic mass is 10.1. The largest absolute Gasteiger partial charge is 0.376 e. The van der Waals surface area contributed by atoms with Gasteiger partial charge >= 0.3 is 0 Å². The molecule has 0 spiro atoms. The SMILES string of the molecule is CCC(C)c1nc(-c2cccc(-n3cccn3)n2)n(CC2CCCCO2)n1. The number of rotatable bonds is 6. The molecule has 142 valence electrons. The van der Waals surface area contributed by atoms with Crippen LogP contribution in [0.4, 0.5) is 0 Å². The zero-order chi connectivity index (χ0) is 18.6. The standard InChI is InChI=1S/C20H26N6O/c1-3-15(2)19-23-20(26(24-19)14-16-8-4-5-13-27-16)17-9-6-10-18(22-17)25-12-7-11-21-25/h6-7,9-12,15-16H,3-5,8,13-14H2,1-2H3. The second-order valence-electron chi connectivity index (χ2n) is 7.11. The van der Waals surface area contributed by atoms with Gasteiger partial charge in [0.05, 0.1) is 12.6 Å². The van der Waals surface area contributed by atoms with Gasteiger partial charge in [0.1, 0.15) is 5.69 Å². The van der Waals surface area contributed by atoms with Crippen LogP contribution in [0.25, 0.3) is 17.3 Å². The average Bonchev–Trinajstić information content (AvgIpc) is 3.39. The number of hydrogen-bond acceptors (Lipinski definition) is 5. The van der Waals surface area contributed by atoms with Crippen LogP contribution in [0.3, 0.4) is 0 Å². The summed E-state index contributed by atoms with van der Waals surface area (Å²) in [6.45, 7) is 5.87. The van der Waals surface area contributed by atoms with E-state index in [4.69, 9.17) is 19.8 Å². The molecule has 4 rings (SSSR count). The molecule has 1 aliphatic rings. The topological polar surface area (TPSA) is 70.7 Å². The summed E-state index contributed by atoms with van der Waals surface area (Å²) in [4.78, 5) is 9.62. The Morgan fingerprint density at radius 2 is 2.15 bits per heavy atom. The van der Waals surface area contributed by atoms with Crippen LogP contribution in [0, 0.1) is 0 Å². The summed E-state index contributed by atoms with van der Waals surface area (Å²) in [5.41, 5.74) is 0.806. The third-order valence-electron chi connectivity index (χ3n) is 5.09. The summed E-state index contributed by atoms with van der Waals surface area (Å²) in [5, 5.41) is 9.08. The van der Waals surface area contributed by atoms with E-state index in [2.05, 4.69) is 18.9 Å². The maximum Gasteiger partial charge on any atom is 0.177 e. The molecule has 7 nitrogen and oxygen atoms in total. The van der Waals surface area contributed by atoms with Crippen molar-refractivity contribution < 1.29 is 4.74 Å². The van der Waals surface area contributed by atoms with E-state index in [1.165, 1.54) is 6.42 Å². The van der Waals surface area contributed by atoms with Crippen molar-refractivity contribution in [3.05, 3.63) is 42.5 Å². The lowest BCUT2D eigenvalue weighted by Gasteiger charge is -2.22. The highest BCUT2D eigenvalue weighted by Gasteiger charge is 2.21. The quantitative estimate of drug-likeness (QED) is 0.666. The zero-order valence-corrected chi connectivity index (χ0v) is 16.0. The van der Waals surface area contributed by atoms with Crippen molar-refractivity contribution in [2.45, 2.75) is 58.1 Å². The van der Waals surface area contributed by atoms with E-state index in [1.54, 1.807) is 10.9 Å². The summed E-state index contributed by atoms with van der Waals surface area (Å²) in [5.74, 6) is 2.75. The molecule has 1 aliphatic heterocycles. The van der Waals surface area contributed by atoms with Crippen LogP contribution < -0.4 is 0 Å². The lowest BCUT2D eigenvalue weighted by Crippen LogP contribution is -2.25. The molecule has 1 fully saturated rings. The third-order valence-corrected chi connectivity index (χ3v) is 5.09. The molecular formula is C20H26N6O. The Kier molecular flexibility index (Phi) is 5.29. The molecule has 0 bridgehead atoms. The number of aromatic nitrogens is 6. The van der Waals surface area contributed by atoms with E-state index < -0.39 is 0 Å². The first-order valence-corrected chi connectivity index (χ1v) is 9.78. The molecule has 0 aromatic carbocycles. The van der Waals surface area contributed by atoms with Gasteiger partial charge in [-0.15, -0.1) is 0 Å². The smallest absolute Gasteiger partial charge is 0.177 e. The van der Waals surface area contributed by atoms with Crippen molar-refractivity contribution >= 4 is 0 Å². The van der Waals surface area contributed by atoms with Crippen LogP contribution in [-0.4, -0.2) is 42.2 Å². The molecule has 1 saturated heterocycles. The van der Waals surface area contributed by atoms with Crippen molar-refractivity contribution in [3.63, 3.8) is 0 Å². The third kappa shape index (κ3) is 3.93. The second-order valence-corrected chi connectivity index (χ2v) is 7.11. The molecule has 0 saturated carbocycles. The van der Waals surface area contributed by atoms with E-state index >= 15 is 0 Å². The van der Waals surface area contributed by atoms with Gasteiger partial charge in [-0.3, -0.25) is 0 Å². The van der Waals surface area contributed by atoms with Crippen molar-refractivity contribution in [2.75, 3.05) is 6.61 Å². The zero-order valence-electron chi connectivity index (χ0n) is 16.0. The second kappa shape index (κ2) is 8.00. The van der Waals surface area contributed by atoms with Crippen LogP contribution in [0.15, 0.2) is 36.7 Å². The van der Waals surface area contributed by atoms with Gasteiger partial charge < -0.3 is 4.74 Å². The maximum absolute atomic E-state index is 5.93. The fraction of sp³-hybridized carbons (Fsp3) is 0.500. The normalized spacial score (nSPS) is 18.5. The van der Waals surface area contributed by atoms with E-state index in [0.29, 0.717) is 12.5 Å². The van der Waals surface area contributed by atoms with Crippen LogP contribution >= 0.6 is 0 Å². The highest BCUT2D eigenvalue weighted by atomic mass is 16.5. The fourth-order valence-electron chi connectivity index (χ4n) is 3.29. The Balaban J connectivity index is 1.69. The predicted octanol–water partition coefficient (Wildman–Crippen LogP) is 3.61. The molecule has 27 heavy (non-hydrogen) atoms. The first-order chi connectivity index (χ1) is 13.2. The Labute approximate surface area is 159 Å². The van der Waals surface area contributed by atoms with E-state index in [1.807, 2.05) is 35.1 Å². The highest BCUT2D eigenvalue weighted by Crippen LogP contribution is 2.23. The molecule has 0 N–H and O–H groups in total. The molecule has 3 aromatic rings. The van der Waals surface area contributed by atoms with Gasteiger partial charge in [0, 0.05) is 24.9 Å². The molecule has 0 aliphatic carbocycles. The van der Waals surface area contributed by atoms with Gasteiger partial charge in [-0.25, -0.2) is 19.3 Å². The summed E-state index contributed by atoms with van der Waals surface area (Å²) in [7, 11) is 0. The van der Waals surface area contributed by atoms with Gasteiger partial charge in [0.15, 0.2) is 17.5 Å². The van der Waals surface area contributed by atoms with Crippen LogP contribution in [0.1, 0.15) is 51.3 Å². The first-order valence-electron chi connectivity index (χ1n) is 9.78.